The molecule has 0 radical (unpaired) electrons. The lowest BCUT2D eigenvalue weighted by Crippen LogP contribution is -2.02. The molecule has 2 rings (SSSR count). The smallest absolute Gasteiger partial charge is 0.0965 e. The molecule has 0 saturated carbocycles. The highest BCUT2D eigenvalue weighted by molar-refractivity contribution is 5.50. The standard InChI is InChI=1S/C12H14O/c1-2-6-11(7-3-1)10-12-8-4-5-9-13-12/h1-3,6-7,10H,4-5,8-9H2. The van der Waals surface area contributed by atoms with E-state index in [0.717, 1.165) is 18.8 Å². The predicted molar refractivity (Wildman–Crippen MR) is 54.2 cm³/mol. The largest absolute Gasteiger partial charge is 0.498 e. The maximum absolute atomic E-state index is 5.54. The van der Waals surface area contributed by atoms with Crippen molar-refractivity contribution in [2.75, 3.05) is 6.61 Å². The van der Waals surface area contributed by atoms with Gasteiger partial charge < -0.3 is 4.74 Å². The second kappa shape index (κ2) is 4.13. The van der Waals surface area contributed by atoms with Crippen molar-refractivity contribution in [1.29, 1.82) is 0 Å². The van der Waals surface area contributed by atoms with Crippen LogP contribution >= 0.6 is 0 Å². The predicted octanol–water partition coefficient (Wildman–Crippen LogP) is 3.23. The monoisotopic (exact) mass is 174 g/mol. The molecule has 1 aromatic rings. The minimum atomic E-state index is 0.888. The number of ether oxygens (including phenoxy) is 1. The van der Waals surface area contributed by atoms with Crippen LogP contribution in [0.15, 0.2) is 36.1 Å². The zero-order chi connectivity index (χ0) is 8.93. The molecule has 1 heterocycles. The third-order valence-corrected chi connectivity index (χ3v) is 2.23. The summed E-state index contributed by atoms with van der Waals surface area (Å²) < 4.78 is 5.54. The van der Waals surface area contributed by atoms with Gasteiger partial charge in [0.05, 0.1) is 12.4 Å². The van der Waals surface area contributed by atoms with Crippen LogP contribution < -0.4 is 0 Å². The second-order valence-corrected chi connectivity index (χ2v) is 3.33. The van der Waals surface area contributed by atoms with Crippen LogP contribution in [0.25, 0.3) is 6.08 Å². The first-order valence-electron chi connectivity index (χ1n) is 4.83. The van der Waals surface area contributed by atoms with Crippen molar-refractivity contribution >= 4 is 6.08 Å². The summed E-state index contributed by atoms with van der Waals surface area (Å²) in [6.07, 6.45) is 5.69. The fraction of sp³-hybridized carbons (Fsp3) is 0.333. The molecule has 1 fully saturated rings. The zero-order valence-corrected chi connectivity index (χ0v) is 7.70. The Hall–Kier alpha value is -1.24. The summed E-state index contributed by atoms with van der Waals surface area (Å²) in [6, 6.07) is 10.3. The van der Waals surface area contributed by atoms with E-state index in [1.807, 2.05) is 6.07 Å². The quantitative estimate of drug-likeness (QED) is 0.635. The number of benzene rings is 1. The Morgan fingerprint density at radius 2 is 1.92 bits per heavy atom. The first-order chi connectivity index (χ1) is 6.45. The van der Waals surface area contributed by atoms with Crippen molar-refractivity contribution in [2.45, 2.75) is 19.3 Å². The topological polar surface area (TPSA) is 9.23 Å². The average molecular weight is 174 g/mol. The van der Waals surface area contributed by atoms with Crippen LogP contribution in [0.3, 0.4) is 0 Å². The summed E-state index contributed by atoms with van der Waals surface area (Å²) in [5, 5.41) is 0. The van der Waals surface area contributed by atoms with E-state index >= 15 is 0 Å². The van der Waals surface area contributed by atoms with Gasteiger partial charge in [-0.05, 0) is 24.5 Å². The van der Waals surface area contributed by atoms with Gasteiger partial charge in [0.15, 0.2) is 0 Å². The van der Waals surface area contributed by atoms with Gasteiger partial charge in [0.1, 0.15) is 0 Å². The molecule has 0 unspecified atom stereocenters. The average Bonchev–Trinajstić information content (AvgIpc) is 2.21. The minimum Gasteiger partial charge on any atom is -0.498 e. The summed E-state index contributed by atoms with van der Waals surface area (Å²) in [4.78, 5) is 0. The number of rotatable bonds is 1. The highest BCUT2D eigenvalue weighted by Crippen LogP contribution is 2.18. The Kier molecular flexibility index (Phi) is 2.65. The van der Waals surface area contributed by atoms with Gasteiger partial charge in [-0.2, -0.15) is 0 Å². The lowest BCUT2D eigenvalue weighted by atomic mass is 10.1. The molecule has 0 N–H and O–H groups in total. The van der Waals surface area contributed by atoms with Crippen LogP contribution in [0, 0.1) is 0 Å². The molecule has 68 valence electrons. The first-order valence-corrected chi connectivity index (χ1v) is 4.83. The zero-order valence-electron chi connectivity index (χ0n) is 7.70. The van der Waals surface area contributed by atoms with E-state index in [1.54, 1.807) is 0 Å². The summed E-state index contributed by atoms with van der Waals surface area (Å²) in [5.41, 5.74) is 1.24. The van der Waals surface area contributed by atoms with Crippen molar-refractivity contribution in [3.05, 3.63) is 41.7 Å². The van der Waals surface area contributed by atoms with E-state index in [4.69, 9.17) is 4.74 Å². The number of hydrogen-bond acceptors (Lipinski definition) is 1. The molecule has 0 aromatic heterocycles. The highest BCUT2D eigenvalue weighted by Gasteiger charge is 2.04. The molecule has 0 aliphatic carbocycles. The first kappa shape index (κ1) is 8.36. The fourth-order valence-corrected chi connectivity index (χ4v) is 1.53. The molecule has 0 bridgehead atoms. The van der Waals surface area contributed by atoms with E-state index in [9.17, 15) is 0 Å². The molecule has 1 nitrogen and oxygen atoms in total. The number of allylic oxidation sites excluding steroid dienone is 1. The van der Waals surface area contributed by atoms with Gasteiger partial charge in [-0.25, -0.2) is 0 Å². The van der Waals surface area contributed by atoms with Crippen LogP contribution in [-0.2, 0) is 4.74 Å². The van der Waals surface area contributed by atoms with E-state index in [1.165, 1.54) is 18.4 Å². The van der Waals surface area contributed by atoms with Crippen LogP contribution in [0.5, 0.6) is 0 Å². The maximum Gasteiger partial charge on any atom is 0.0965 e. The molecule has 1 heteroatoms. The molecule has 13 heavy (non-hydrogen) atoms. The third kappa shape index (κ3) is 2.35. The Bertz CT molecular complexity index is 279. The van der Waals surface area contributed by atoms with Crippen molar-refractivity contribution in [3.63, 3.8) is 0 Å². The Morgan fingerprint density at radius 1 is 1.08 bits per heavy atom. The molecule has 1 aromatic carbocycles. The summed E-state index contributed by atoms with van der Waals surface area (Å²) >= 11 is 0. The van der Waals surface area contributed by atoms with Crippen molar-refractivity contribution < 1.29 is 4.74 Å². The van der Waals surface area contributed by atoms with Gasteiger partial charge in [0.25, 0.3) is 0 Å². The SMILES string of the molecule is C(=C1CCCCO1)c1ccccc1. The molecule has 0 spiro atoms. The van der Waals surface area contributed by atoms with Gasteiger partial charge in [-0.1, -0.05) is 30.3 Å². The molecule has 1 saturated heterocycles. The van der Waals surface area contributed by atoms with Crippen molar-refractivity contribution in [1.82, 2.24) is 0 Å². The normalized spacial score (nSPS) is 19.8. The minimum absolute atomic E-state index is 0.888. The Morgan fingerprint density at radius 3 is 2.62 bits per heavy atom. The Balaban J connectivity index is 2.10. The van der Waals surface area contributed by atoms with Crippen LogP contribution in [0.1, 0.15) is 24.8 Å². The molecule has 0 amide bonds. The second-order valence-electron chi connectivity index (χ2n) is 3.33. The maximum atomic E-state index is 5.54. The number of hydrogen-bond donors (Lipinski definition) is 0. The van der Waals surface area contributed by atoms with Crippen LogP contribution in [-0.4, -0.2) is 6.61 Å². The lowest BCUT2D eigenvalue weighted by molar-refractivity contribution is 0.169. The molecule has 0 atom stereocenters. The van der Waals surface area contributed by atoms with Crippen molar-refractivity contribution in [2.24, 2.45) is 0 Å². The Labute approximate surface area is 79.0 Å². The third-order valence-electron chi connectivity index (χ3n) is 2.23. The van der Waals surface area contributed by atoms with E-state index in [0.29, 0.717) is 0 Å². The fourth-order valence-electron chi connectivity index (χ4n) is 1.53. The van der Waals surface area contributed by atoms with E-state index in [-0.39, 0.29) is 0 Å². The van der Waals surface area contributed by atoms with Gasteiger partial charge in [0, 0.05) is 6.42 Å². The van der Waals surface area contributed by atoms with E-state index in [2.05, 4.69) is 30.3 Å². The van der Waals surface area contributed by atoms with Gasteiger partial charge >= 0.3 is 0 Å². The lowest BCUT2D eigenvalue weighted by Gasteiger charge is -2.15. The molecule has 1 aliphatic rings. The van der Waals surface area contributed by atoms with Gasteiger partial charge in [-0.3, -0.25) is 0 Å². The van der Waals surface area contributed by atoms with Crippen LogP contribution in [0.4, 0.5) is 0 Å². The molecular formula is C12H14O. The van der Waals surface area contributed by atoms with Gasteiger partial charge in [0.2, 0.25) is 0 Å². The highest BCUT2D eigenvalue weighted by atomic mass is 16.5. The van der Waals surface area contributed by atoms with Crippen molar-refractivity contribution in [3.8, 4) is 0 Å². The molecule has 1 aliphatic heterocycles. The summed E-state index contributed by atoms with van der Waals surface area (Å²) in [5.74, 6) is 1.14. The van der Waals surface area contributed by atoms with E-state index < -0.39 is 0 Å². The summed E-state index contributed by atoms with van der Waals surface area (Å²) in [7, 11) is 0. The van der Waals surface area contributed by atoms with Crippen LogP contribution in [0.2, 0.25) is 0 Å². The molecular weight excluding hydrogens is 160 g/mol. The summed E-state index contributed by atoms with van der Waals surface area (Å²) in [6.45, 7) is 0.888. The van der Waals surface area contributed by atoms with Gasteiger partial charge in [-0.15, -0.1) is 0 Å².